The van der Waals surface area contributed by atoms with Crippen LogP contribution >= 0.6 is 0 Å². The zero-order valence-electron chi connectivity index (χ0n) is 24.3. The van der Waals surface area contributed by atoms with Gasteiger partial charge in [0.05, 0.1) is 6.54 Å². The van der Waals surface area contributed by atoms with E-state index in [-0.39, 0.29) is 34.5 Å². The fraction of sp³-hybridized carbons (Fsp3) is 0.586. The number of ketones is 1. The van der Waals surface area contributed by atoms with Crippen LogP contribution in [0.2, 0.25) is 0 Å². The van der Waals surface area contributed by atoms with Crippen LogP contribution in [0.25, 0.3) is 0 Å². The predicted molar refractivity (Wildman–Crippen MR) is 145 cm³/mol. The number of phenolic OH excluding ortho intramolecular Hbond substituents is 1. The summed E-state index contributed by atoms with van der Waals surface area (Å²) < 4.78 is 13.0. The van der Waals surface area contributed by atoms with Crippen LogP contribution in [0.15, 0.2) is 29.5 Å². The Bertz CT molecular complexity index is 1190. The molecule has 2 rings (SSSR count). The van der Waals surface area contributed by atoms with Gasteiger partial charge in [0.1, 0.15) is 5.75 Å². The number of rotatable bonds is 9. The summed E-state index contributed by atoms with van der Waals surface area (Å²) >= 11 is 0. The normalized spacial score (nSPS) is 12.6. The summed E-state index contributed by atoms with van der Waals surface area (Å²) in [6.45, 7) is 17.4. The summed E-state index contributed by atoms with van der Waals surface area (Å²) in [6, 6.07) is 3.50. The van der Waals surface area contributed by atoms with E-state index in [9.17, 15) is 19.5 Å². The van der Waals surface area contributed by atoms with Crippen LogP contribution in [0.3, 0.4) is 0 Å². The summed E-state index contributed by atoms with van der Waals surface area (Å²) in [7, 11) is 0. The molecule has 0 aliphatic heterocycles. The lowest BCUT2D eigenvalue weighted by Gasteiger charge is -2.28. The number of phenols is 1. The number of carbonyl (C=O) groups is 3. The van der Waals surface area contributed by atoms with Gasteiger partial charge in [0.25, 0.3) is 0 Å². The van der Waals surface area contributed by atoms with Gasteiger partial charge >= 0.3 is 12.1 Å². The van der Waals surface area contributed by atoms with Gasteiger partial charge in [0, 0.05) is 42.6 Å². The Hall–Kier alpha value is -3.36. The molecule has 38 heavy (non-hydrogen) atoms. The molecule has 0 radical (unpaired) electrons. The number of aromatic nitrogens is 2. The molecule has 1 amide bonds. The van der Waals surface area contributed by atoms with Crippen molar-refractivity contribution in [3.8, 4) is 5.75 Å². The van der Waals surface area contributed by atoms with Gasteiger partial charge in [0.15, 0.2) is 5.78 Å². The number of benzene rings is 1. The summed E-state index contributed by atoms with van der Waals surface area (Å²) in [6.07, 6.45) is 4.48. The average Bonchev–Trinajstić information content (AvgIpc) is 3.16. The second kappa shape index (κ2) is 12.5. The molecule has 0 unspecified atom stereocenters. The molecule has 0 saturated heterocycles. The van der Waals surface area contributed by atoms with Crippen molar-refractivity contribution in [1.29, 1.82) is 0 Å². The third-order valence-corrected chi connectivity index (χ3v) is 6.55. The van der Waals surface area contributed by atoms with E-state index >= 15 is 0 Å². The van der Waals surface area contributed by atoms with E-state index in [2.05, 4.69) is 23.6 Å². The quantitative estimate of drug-likeness (QED) is 0.262. The lowest BCUT2D eigenvalue weighted by molar-refractivity contribution is -0.148. The Kier molecular flexibility index (Phi) is 10.1. The van der Waals surface area contributed by atoms with Crippen molar-refractivity contribution in [2.75, 3.05) is 6.79 Å². The number of aromatic hydroxyl groups is 1. The van der Waals surface area contributed by atoms with Crippen LogP contribution in [0.1, 0.15) is 96.6 Å². The molecule has 1 heterocycles. The summed E-state index contributed by atoms with van der Waals surface area (Å²) in [5.41, 5.74) is 1.38. The van der Waals surface area contributed by atoms with E-state index in [1.807, 2.05) is 46.1 Å². The molecule has 0 spiro atoms. The maximum Gasteiger partial charge on any atom is 0.439 e. The molecule has 2 aromatic rings. The van der Waals surface area contributed by atoms with E-state index < -0.39 is 18.9 Å². The number of carbonyl (C=O) groups excluding carboxylic acids is 3. The number of hydrogen-bond donors (Lipinski definition) is 1. The summed E-state index contributed by atoms with van der Waals surface area (Å²) in [5.74, 6) is -0.195. The van der Waals surface area contributed by atoms with Crippen molar-refractivity contribution in [1.82, 2.24) is 9.13 Å². The number of Topliss-reactive ketones (excluding diaryl/α,β-unsaturated/α-hetero) is 1. The van der Waals surface area contributed by atoms with Crippen LogP contribution in [0.5, 0.6) is 5.75 Å². The van der Waals surface area contributed by atoms with Crippen LogP contribution in [0.4, 0.5) is 4.79 Å². The van der Waals surface area contributed by atoms with Gasteiger partial charge in [-0.1, -0.05) is 68.2 Å². The van der Waals surface area contributed by atoms with Crippen LogP contribution in [-0.4, -0.2) is 38.9 Å². The van der Waals surface area contributed by atoms with Crippen LogP contribution in [0, 0.1) is 5.92 Å². The van der Waals surface area contributed by atoms with Gasteiger partial charge in [0.2, 0.25) is 12.4 Å². The fourth-order valence-corrected chi connectivity index (χ4v) is 4.14. The van der Waals surface area contributed by atoms with Crippen LogP contribution < -0.4 is 5.62 Å². The maximum atomic E-state index is 13.6. The Morgan fingerprint density at radius 2 is 1.45 bits per heavy atom. The molecule has 1 N–H and O–H groups in total. The van der Waals surface area contributed by atoms with Gasteiger partial charge in [-0.3, -0.25) is 9.59 Å². The first-order valence-corrected chi connectivity index (χ1v) is 13.1. The molecule has 210 valence electrons. The first kappa shape index (κ1) is 30.9. The standard InChI is InChI=1S/C29H43N3O6/c1-10-20(11-2)16-31-12-13-32(26(31)30-27(36)38-18-37-19(3)33)17-24(34)21-14-22(28(4,5)6)25(35)23(15-21)29(7,8)9/h12-15,20,35H,10-11,16-18H2,1-9H3/b30-26+. The second-order valence-electron chi connectivity index (χ2n) is 11.7. The SMILES string of the molecule is CCC(CC)Cn1ccn(CC(=O)c2cc(C(C)(C)C)c(O)c(C(C)(C)C)c2)/c1=N/C(=O)OCOC(C)=O. The predicted octanol–water partition coefficient (Wildman–Crippen LogP) is 5.47. The van der Waals surface area contributed by atoms with E-state index in [0.717, 1.165) is 12.8 Å². The van der Waals surface area contributed by atoms with E-state index in [1.54, 1.807) is 29.1 Å². The molecule has 1 aromatic heterocycles. The highest BCUT2D eigenvalue weighted by Crippen LogP contribution is 2.39. The molecule has 0 fully saturated rings. The average molecular weight is 530 g/mol. The fourth-order valence-electron chi connectivity index (χ4n) is 4.14. The largest absolute Gasteiger partial charge is 0.507 e. The zero-order valence-corrected chi connectivity index (χ0v) is 24.3. The lowest BCUT2D eigenvalue weighted by atomic mass is 9.78. The topological polar surface area (TPSA) is 112 Å². The smallest absolute Gasteiger partial charge is 0.439 e. The van der Waals surface area contributed by atoms with Gasteiger partial charge in [-0.2, -0.15) is 0 Å². The Morgan fingerprint density at radius 1 is 0.921 bits per heavy atom. The molecule has 0 bridgehead atoms. The third-order valence-electron chi connectivity index (χ3n) is 6.55. The highest BCUT2D eigenvalue weighted by atomic mass is 16.7. The van der Waals surface area contributed by atoms with Crippen molar-refractivity contribution in [3.05, 3.63) is 46.8 Å². The molecule has 0 aliphatic rings. The molecular weight excluding hydrogens is 486 g/mol. The van der Waals surface area contributed by atoms with Crippen molar-refractivity contribution in [2.45, 2.75) is 99.1 Å². The van der Waals surface area contributed by atoms with Gasteiger partial charge < -0.3 is 23.7 Å². The van der Waals surface area contributed by atoms with E-state index in [0.29, 0.717) is 29.2 Å². The molecule has 9 nitrogen and oxygen atoms in total. The van der Waals surface area contributed by atoms with Crippen molar-refractivity contribution in [2.24, 2.45) is 10.9 Å². The van der Waals surface area contributed by atoms with Crippen molar-refractivity contribution >= 4 is 17.8 Å². The highest BCUT2D eigenvalue weighted by molar-refractivity contribution is 5.96. The number of amides is 1. The zero-order chi connectivity index (χ0) is 28.8. The van der Waals surface area contributed by atoms with Gasteiger partial charge in [-0.05, 0) is 28.9 Å². The first-order chi connectivity index (χ1) is 17.6. The summed E-state index contributed by atoms with van der Waals surface area (Å²) in [5, 5.41) is 11.0. The first-order valence-electron chi connectivity index (χ1n) is 13.1. The maximum absolute atomic E-state index is 13.6. The third kappa shape index (κ3) is 8.07. The minimum Gasteiger partial charge on any atom is -0.507 e. The van der Waals surface area contributed by atoms with Crippen molar-refractivity contribution < 1.29 is 29.0 Å². The van der Waals surface area contributed by atoms with E-state index in [4.69, 9.17) is 4.74 Å². The Morgan fingerprint density at radius 3 is 1.92 bits per heavy atom. The molecular formula is C29H43N3O6. The number of nitrogens with zero attached hydrogens (tertiary/aromatic N) is 3. The van der Waals surface area contributed by atoms with E-state index in [1.165, 1.54) is 6.92 Å². The highest BCUT2D eigenvalue weighted by Gasteiger charge is 2.28. The second-order valence-corrected chi connectivity index (χ2v) is 11.7. The Balaban J connectivity index is 2.53. The van der Waals surface area contributed by atoms with Gasteiger partial charge in [-0.25, -0.2) is 4.79 Å². The minimum absolute atomic E-state index is 0.0656. The monoisotopic (exact) mass is 529 g/mol. The van der Waals surface area contributed by atoms with Gasteiger partial charge in [-0.15, -0.1) is 4.99 Å². The molecule has 0 aliphatic carbocycles. The molecule has 9 heteroatoms. The minimum atomic E-state index is -0.924. The lowest BCUT2D eigenvalue weighted by Crippen LogP contribution is -2.31. The number of ether oxygens (including phenoxy) is 2. The number of hydrogen-bond acceptors (Lipinski definition) is 6. The molecule has 0 atom stereocenters. The van der Waals surface area contributed by atoms with Crippen LogP contribution in [-0.2, 0) is 38.2 Å². The summed E-state index contributed by atoms with van der Waals surface area (Å²) in [4.78, 5) is 41.1. The molecule has 1 aromatic carbocycles. The number of esters is 1. The molecule has 0 saturated carbocycles. The van der Waals surface area contributed by atoms with Crippen molar-refractivity contribution in [3.63, 3.8) is 0 Å². The number of imidazole rings is 1. The Labute approximate surface area is 225 Å².